The van der Waals surface area contributed by atoms with E-state index in [1.807, 2.05) is 0 Å². The van der Waals surface area contributed by atoms with Crippen molar-refractivity contribution in [3.8, 4) is 0 Å². The van der Waals surface area contributed by atoms with Crippen molar-refractivity contribution in [3.63, 3.8) is 0 Å². The van der Waals surface area contributed by atoms with E-state index in [-0.39, 0.29) is 22.4 Å². The summed E-state index contributed by atoms with van der Waals surface area (Å²) in [5.74, 6) is 0.968. The number of ether oxygens (including phenoxy) is 1. The molecule has 2 aromatic rings. The Balaban J connectivity index is 2.02. The Morgan fingerprint density at radius 2 is 2.19 bits per heavy atom. The zero-order chi connectivity index (χ0) is 15.5. The highest BCUT2D eigenvalue weighted by molar-refractivity contribution is 7.98. The largest absolute Gasteiger partial charge is 0.417 e. The molecule has 0 amide bonds. The Bertz CT molecular complexity index is 621. The lowest BCUT2D eigenvalue weighted by Gasteiger charge is -2.08. The molecular formula is C11H9ClF3N3O2S. The summed E-state index contributed by atoms with van der Waals surface area (Å²) < 4.78 is 47.1. The third-order valence-electron chi connectivity index (χ3n) is 2.25. The van der Waals surface area contributed by atoms with E-state index in [0.717, 1.165) is 24.0 Å². The molecule has 0 aliphatic carbocycles. The highest BCUT2D eigenvalue weighted by atomic mass is 35.5. The molecule has 0 bridgehead atoms. The summed E-state index contributed by atoms with van der Waals surface area (Å²) >= 11 is 6.90. The van der Waals surface area contributed by atoms with Crippen LogP contribution in [0.15, 0.2) is 21.8 Å². The maximum absolute atomic E-state index is 12.5. The smallest absolute Gasteiger partial charge is 0.375 e. The van der Waals surface area contributed by atoms with Crippen LogP contribution >= 0.6 is 23.4 Å². The maximum Gasteiger partial charge on any atom is 0.417 e. The highest BCUT2D eigenvalue weighted by Gasteiger charge is 2.31. The van der Waals surface area contributed by atoms with Crippen LogP contribution in [0.5, 0.6) is 0 Å². The van der Waals surface area contributed by atoms with Gasteiger partial charge in [-0.05, 0) is 6.07 Å². The average molecular weight is 340 g/mol. The van der Waals surface area contributed by atoms with Crippen molar-refractivity contribution in [2.45, 2.75) is 23.6 Å². The standard InChI is InChI=1S/C11H9ClF3N3O2S/c1-19-4-9-17-8(18-20-9)5-21-10-7(12)2-6(3-16-10)11(13,14)15/h2-3H,4-5H2,1H3. The highest BCUT2D eigenvalue weighted by Crippen LogP contribution is 2.34. The minimum absolute atomic E-state index is 0.0737. The normalized spacial score (nSPS) is 11.9. The van der Waals surface area contributed by atoms with E-state index in [2.05, 4.69) is 15.1 Å². The average Bonchev–Trinajstić information content (AvgIpc) is 2.84. The number of pyridine rings is 1. The molecule has 0 aliphatic heterocycles. The van der Waals surface area contributed by atoms with E-state index >= 15 is 0 Å². The molecule has 5 nitrogen and oxygen atoms in total. The van der Waals surface area contributed by atoms with Crippen molar-refractivity contribution in [2.24, 2.45) is 0 Å². The Morgan fingerprint density at radius 1 is 1.43 bits per heavy atom. The number of alkyl halides is 3. The van der Waals surface area contributed by atoms with Crippen molar-refractivity contribution in [3.05, 3.63) is 34.6 Å². The van der Waals surface area contributed by atoms with Crippen molar-refractivity contribution < 1.29 is 22.4 Å². The van der Waals surface area contributed by atoms with E-state index in [9.17, 15) is 13.2 Å². The third kappa shape index (κ3) is 4.32. The van der Waals surface area contributed by atoms with Crippen LogP contribution in [0.4, 0.5) is 13.2 Å². The van der Waals surface area contributed by atoms with E-state index in [0.29, 0.717) is 11.7 Å². The van der Waals surface area contributed by atoms with Crippen LogP contribution in [-0.2, 0) is 23.3 Å². The fourth-order valence-electron chi connectivity index (χ4n) is 1.35. The maximum atomic E-state index is 12.5. The van der Waals surface area contributed by atoms with Crippen molar-refractivity contribution in [1.82, 2.24) is 15.1 Å². The summed E-state index contributed by atoms with van der Waals surface area (Å²) in [5.41, 5.74) is -0.890. The molecule has 0 saturated carbocycles. The van der Waals surface area contributed by atoms with Crippen LogP contribution < -0.4 is 0 Å². The molecule has 114 valence electrons. The van der Waals surface area contributed by atoms with Gasteiger partial charge in [0.15, 0.2) is 5.82 Å². The molecule has 0 atom stereocenters. The van der Waals surface area contributed by atoms with Crippen LogP contribution in [0.1, 0.15) is 17.3 Å². The number of nitrogens with zero attached hydrogens (tertiary/aromatic N) is 3. The number of hydrogen-bond donors (Lipinski definition) is 0. The van der Waals surface area contributed by atoms with Gasteiger partial charge in [-0.1, -0.05) is 28.5 Å². The van der Waals surface area contributed by atoms with E-state index in [4.69, 9.17) is 20.9 Å². The quantitative estimate of drug-likeness (QED) is 0.776. The fourth-order valence-corrected chi connectivity index (χ4v) is 2.39. The van der Waals surface area contributed by atoms with Crippen LogP contribution in [-0.4, -0.2) is 22.2 Å². The molecule has 0 unspecified atom stereocenters. The first-order valence-corrected chi connectivity index (χ1v) is 6.92. The minimum Gasteiger partial charge on any atom is -0.375 e. The van der Waals surface area contributed by atoms with E-state index < -0.39 is 11.7 Å². The third-order valence-corrected chi connectivity index (χ3v) is 3.65. The first-order valence-electron chi connectivity index (χ1n) is 5.56. The zero-order valence-electron chi connectivity index (χ0n) is 10.6. The van der Waals surface area contributed by atoms with E-state index in [1.165, 1.54) is 7.11 Å². The second kappa shape index (κ2) is 6.63. The SMILES string of the molecule is COCc1nc(CSc2ncc(C(F)(F)F)cc2Cl)no1. The van der Waals surface area contributed by atoms with Gasteiger partial charge < -0.3 is 9.26 Å². The Labute approximate surface area is 126 Å². The summed E-state index contributed by atoms with van der Waals surface area (Å²) in [6.45, 7) is 0.191. The molecule has 0 radical (unpaired) electrons. The lowest BCUT2D eigenvalue weighted by atomic mass is 10.3. The molecule has 10 heteroatoms. The van der Waals surface area contributed by atoms with Gasteiger partial charge in [-0.25, -0.2) is 4.98 Å². The monoisotopic (exact) mass is 339 g/mol. The first-order chi connectivity index (χ1) is 9.90. The van der Waals surface area contributed by atoms with Crippen molar-refractivity contribution in [1.29, 1.82) is 0 Å². The Kier molecular flexibility index (Phi) is 5.07. The van der Waals surface area contributed by atoms with Gasteiger partial charge >= 0.3 is 6.18 Å². The van der Waals surface area contributed by atoms with Crippen LogP contribution in [0.2, 0.25) is 5.02 Å². The number of aromatic nitrogens is 3. The zero-order valence-corrected chi connectivity index (χ0v) is 12.2. The predicted molar refractivity (Wildman–Crippen MR) is 68.8 cm³/mol. The second-order valence-electron chi connectivity index (χ2n) is 3.83. The van der Waals surface area contributed by atoms with Gasteiger partial charge in [0.1, 0.15) is 11.6 Å². The van der Waals surface area contributed by atoms with Gasteiger partial charge in [0.2, 0.25) is 0 Å². The molecule has 21 heavy (non-hydrogen) atoms. The summed E-state index contributed by atoms with van der Waals surface area (Å²) in [7, 11) is 1.49. The lowest BCUT2D eigenvalue weighted by Crippen LogP contribution is -2.05. The van der Waals surface area contributed by atoms with Crippen LogP contribution in [0.25, 0.3) is 0 Å². The van der Waals surface area contributed by atoms with Gasteiger partial charge in [-0.3, -0.25) is 0 Å². The van der Waals surface area contributed by atoms with Crippen LogP contribution in [0, 0.1) is 0 Å². The van der Waals surface area contributed by atoms with Gasteiger partial charge in [0.25, 0.3) is 5.89 Å². The molecule has 0 N–H and O–H groups in total. The van der Waals surface area contributed by atoms with Crippen molar-refractivity contribution >= 4 is 23.4 Å². The Hall–Kier alpha value is -1.32. The number of halogens is 4. The number of hydrogen-bond acceptors (Lipinski definition) is 6. The fraction of sp³-hybridized carbons (Fsp3) is 0.364. The minimum atomic E-state index is -4.47. The van der Waals surface area contributed by atoms with Crippen molar-refractivity contribution in [2.75, 3.05) is 7.11 Å². The summed E-state index contributed by atoms with van der Waals surface area (Å²) in [4.78, 5) is 7.73. The summed E-state index contributed by atoms with van der Waals surface area (Å²) in [6, 6.07) is 0.837. The molecular weight excluding hydrogens is 331 g/mol. The molecule has 0 saturated heterocycles. The van der Waals surface area contributed by atoms with Gasteiger partial charge in [-0.2, -0.15) is 18.2 Å². The molecule has 0 spiro atoms. The summed E-state index contributed by atoms with van der Waals surface area (Å²) in [6.07, 6.45) is -3.73. The van der Waals surface area contributed by atoms with Gasteiger partial charge in [-0.15, -0.1) is 0 Å². The number of thioether (sulfide) groups is 1. The lowest BCUT2D eigenvalue weighted by molar-refractivity contribution is -0.137. The number of methoxy groups -OCH3 is 1. The van der Waals surface area contributed by atoms with E-state index in [1.54, 1.807) is 0 Å². The first kappa shape index (κ1) is 16.1. The topological polar surface area (TPSA) is 61.0 Å². The molecule has 0 fully saturated rings. The molecule has 0 aliphatic rings. The van der Waals surface area contributed by atoms with Gasteiger partial charge in [0.05, 0.1) is 16.3 Å². The molecule has 2 heterocycles. The second-order valence-corrected chi connectivity index (χ2v) is 5.21. The predicted octanol–water partition coefficient (Wildman–Crippen LogP) is 3.58. The Morgan fingerprint density at radius 3 is 2.81 bits per heavy atom. The molecule has 2 aromatic heterocycles. The van der Waals surface area contributed by atoms with Crippen LogP contribution in [0.3, 0.4) is 0 Å². The molecule has 2 rings (SSSR count). The van der Waals surface area contributed by atoms with Gasteiger partial charge in [0, 0.05) is 13.3 Å². The summed E-state index contributed by atoms with van der Waals surface area (Å²) in [5, 5.41) is 3.89. The molecule has 0 aromatic carbocycles. The number of rotatable bonds is 5.